The number of anilines is 1. The van der Waals surface area contributed by atoms with Crippen molar-refractivity contribution in [2.24, 2.45) is 5.92 Å². The molecule has 3 nitrogen and oxygen atoms in total. The maximum Gasteiger partial charge on any atom is 0.230 e. The molecule has 0 atom stereocenters. The van der Waals surface area contributed by atoms with Crippen LogP contribution in [0.3, 0.4) is 0 Å². The van der Waals surface area contributed by atoms with Gasteiger partial charge in [-0.1, -0.05) is 57.4 Å². The summed E-state index contributed by atoms with van der Waals surface area (Å²) in [5, 5.41) is 0. The summed E-state index contributed by atoms with van der Waals surface area (Å²) in [6, 6.07) is 12.6. The lowest BCUT2D eigenvalue weighted by Crippen LogP contribution is -2.37. The standard InChI is InChI=1S/C27H35NO2/c1-5-20-13-15-21(16-14-20)23-17-24(26(29)6-2)19(4)25(18-23)28(7-3)27(30)22-11-9-8-10-12-22/h13-18,22H,5-12H2,1-4H3. The van der Waals surface area contributed by atoms with Crippen molar-refractivity contribution < 1.29 is 9.59 Å². The Kier molecular flexibility index (Phi) is 7.47. The summed E-state index contributed by atoms with van der Waals surface area (Å²) >= 11 is 0. The third-order valence-electron chi connectivity index (χ3n) is 6.52. The Hall–Kier alpha value is -2.42. The van der Waals surface area contributed by atoms with Crippen LogP contribution in [0.2, 0.25) is 0 Å². The molecule has 0 saturated heterocycles. The number of hydrogen-bond donors (Lipinski definition) is 0. The summed E-state index contributed by atoms with van der Waals surface area (Å²) in [5.41, 5.74) is 5.92. The molecule has 0 bridgehead atoms. The van der Waals surface area contributed by atoms with Crippen LogP contribution < -0.4 is 4.90 Å². The van der Waals surface area contributed by atoms with Gasteiger partial charge in [-0.2, -0.15) is 0 Å². The monoisotopic (exact) mass is 405 g/mol. The Balaban J connectivity index is 2.08. The van der Waals surface area contributed by atoms with Gasteiger partial charge in [-0.25, -0.2) is 0 Å². The number of aryl methyl sites for hydroxylation is 1. The van der Waals surface area contributed by atoms with Crippen LogP contribution in [-0.2, 0) is 11.2 Å². The molecule has 2 aromatic carbocycles. The molecule has 0 unspecified atom stereocenters. The molecule has 160 valence electrons. The fourth-order valence-electron chi connectivity index (χ4n) is 4.57. The second kappa shape index (κ2) is 10.1. The van der Waals surface area contributed by atoms with Crippen LogP contribution in [0, 0.1) is 12.8 Å². The maximum absolute atomic E-state index is 13.4. The van der Waals surface area contributed by atoms with E-state index >= 15 is 0 Å². The average molecular weight is 406 g/mol. The lowest BCUT2D eigenvalue weighted by atomic mass is 9.87. The predicted octanol–water partition coefficient (Wildman–Crippen LogP) is 6.75. The number of carbonyl (C=O) groups excluding carboxylic acids is 2. The van der Waals surface area contributed by atoms with E-state index in [1.54, 1.807) is 0 Å². The fraction of sp³-hybridized carbons (Fsp3) is 0.481. The van der Waals surface area contributed by atoms with Crippen LogP contribution in [-0.4, -0.2) is 18.2 Å². The number of carbonyl (C=O) groups is 2. The molecule has 1 saturated carbocycles. The van der Waals surface area contributed by atoms with Crippen molar-refractivity contribution in [1.82, 2.24) is 0 Å². The summed E-state index contributed by atoms with van der Waals surface area (Å²) in [5.74, 6) is 0.451. The molecule has 1 aliphatic carbocycles. The zero-order valence-electron chi connectivity index (χ0n) is 19.0. The molecule has 0 spiro atoms. The van der Waals surface area contributed by atoms with Gasteiger partial charge in [0.2, 0.25) is 5.91 Å². The van der Waals surface area contributed by atoms with Gasteiger partial charge in [-0.05, 0) is 67.5 Å². The van der Waals surface area contributed by atoms with E-state index in [9.17, 15) is 9.59 Å². The summed E-state index contributed by atoms with van der Waals surface area (Å²) in [6.07, 6.45) is 6.92. The zero-order chi connectivity index (χ0) is 21.7. The number of hydrogen-bond acceptors (Lipinski definition) is 2. The maximum atomic E-state index is 13.4. The van der Waals surface area contributed by atoms with Gasteiger partial charge in [0, 0.05) is 30.1 Å². The zero-order valence-corrected chi connectivity index (χ0v) is 19.0. The quantitative estimate of drug-likeness (QED) is 0.478. The first kappa shape index (κ1) is 22.3. The predicted molar refractivity (Wildman–Crippen MR) is 125 cm³/mol. The van der Waals surface area contributed by atoms with Crippen LogP contribution in [0.1, 0.15) is 80.8 Å². The van der Waals surface area contributed by atoms with Gasteiger partial charge >= 0.3 is 0 Å². The molecule has 1 amide bonds. The lowest BCUT2D eigenvalue weighted by molar-refractivity contribution is -0.123. The Morgan fingerprint density at radius 1 is 0.933 bits per heavy atom. The largest absolute Gasteiger partial charge is 0.312 e. The average Bonchev–Trinajstić information content (AvgIpc) is 2.80. The molecule has 0 aromatic heterocycles. The SMILES string of the molecule is CCC(=O)c1cc(-c2ccc(CC)cc2)cc(N(CC)C(=O)C2CCCCC2)c1C. The normalized spacial score (nSPS) is 14.5. The first-order valence-electron chi connectivity index (χ1n) is 11.6. The molecule has 0 radical (unpaired) electrons. The molecule has 0 heterocycles. The van der Waals surface area contributed by atoms with Crippen molar-refractivity contribution in [3.05, 3.63) is 53.1 Å². The van der Waals surface area contributed by atoms with Gasteiger partial charge in [-0.15, -0.1) is 0 Å². The number of benzene rings is 2. The van der Waals surface area contributed by atoms with E-state index in [1.807, 2.05) is 31.7 Å². The third-order valence-corrected chi connectivity index (χ3v) is 6.52. The Morgan fingerprint density at radius 3 is 2.17 bits per heavy atom. The molecular formula is C27H35NO2. The fourth-order valence-corrected chi connectivity index (χ4v) is 4.57. The smallest absolute Gasteiger partial charge is 0.230 e. The second-order valence-electron chi connectivity index (χ2n) is 8.41. The van der Waals surface area contributed by atoms with Crippen molar-refractivity contribution >= 4 is 17.4 Å². The van der Waals surface area contributed by atoms with Gasteiger partial charge in [0.25, 0.3) is 0 Å². The third kappa shape index (κ3) is 4.66. The van der Waals surface area contributed by atoms with Crippen molar-refractivity contribution in [2.45, 2.75) is 72.6 Å². The Morgan fingerprint density at radius 2 is 1.60 bits per heavy atom. The summed E-state index contributed by atoms with van der Waals surface area (Å²) < 4.78 is 0. The van der Waals surface area contributed by atoms with Crippen LogP contribution in [0.25, 0.3) is 11.1 Å². The first-order chi connectivity index (χ1) is 14.5. The lowest BCUT2D eigenvalue weighted by Gasteiger charge is -2.30. The summed E-state index contributed by atoms with van der Waals surface area (Å²) in [7, 11) is 0. The number of Topliss-reactive ketones (excluding diaryl/α,β-unsaturated/α-hetero) is 1. The first-order valence-corrected chi connectivity index (χ1v) is 11.6. The van der Waals surface area contributed by atoms with Crippen LogP contribution in [0.15, 0.2) is 36.4 Å². The molecule has 3 rings (SSSR count). The van der Waals surface area contributed by atoms with Gasteiger partial charge in [0.05, 0.1) is 0 Å². The Bertz CT molecular complexity index is 892. The number of nitrogens with zero attached hydrogens (tertiary/aromatic N) is 1. The molecule has 2 aromatic rings. The van der Waals surface area contributed by atoms with Crippen molar-refractivity contribution in [3.8, 4) is 11.1 Å². The number of rotatable bonds is 7. The van der Waals surface area contributed by atoms with E-state index < -0.39 is 0 Å². The van der Waals surface area contributed by atoms with Gasteiger partial charge in [0.15, 0.2) is 5.78 Å². The molecule has 0 N–H and O–H groups in total. The topological polar surface area (TPSA) is 37.4 Å². The van der Waals surface area contributed by atoms with Crippen LogP contribution >= 0.6 is 0 Å². The van der Waals surface area contributed by atoms with Gasteiger partial charge in [-0.3, -0.25) is 9.59 Å². The van der Waals surface area contributed by atoms with E-state index in [2.05, 4.69) is 37.3 Å². The highest BCUT2D eigenvalue weighted by Crippen LogP contribution is 2.34. The molecule has 1 aliphatic rings. The van der Waals surface area contributed by atoms with Crippen LogP contribution in [0.5, 0.6) is 0 Å². The van der Waals surface area contributed by atoms with E-state index in [4.69, 9.17) is 0 Å². The molecule has 30 heavy (non-hydrogen) atoms. The van der Waals surface area contributed by atoms with Crippen molar-refractivity contribution in [2.75, 3.05) is 11.4 Å². The minimum Gasteiger partial charge on any atom is -0.312 e. The highest BCUT2D eigenvalue weighted by Gasteiger charge is 2.28. The van der Waals surface area contributed by atoms with Crippen LogP contribution in [0.4, 0.5) is 5.69 Å². The van der Waals surface area contributed by atoms with Gasteiger partial charge in [0.1, 0.15) is 0 Å². The number of ketones is 1. The summed E-state index contributed by atoms with van der Waals surface area (Å²) in [6.45, 7) is 8.68. The minimum atomic E-state index is 0.107. The molecule has 1 fully saturated rings. The van der Waals surface area contributed by atoms with E-state index in [0.29, 0.717) is 13.0 Å². The summed E-state index contributed by atoms with van der Waals surface area (Å²) in [4.78, 5) is 28.1. The van der Waals surface area contributed by atoms with Crippen molar-refractivity contribution in [3.63, 3.8) is 0 Å². The second-order valence-corrected chi connectivity index (χ2v) is 8.41. The van der Waals surface area contributed by atoms with Gasteiger partial charge < -0.3 is 4.90 Å². The number of amides is 1. The molecule has 3 heteroatoms. The van der Waals surface area contributed by atoms with E-state index in [-0.39, 0.29) is 17.6 Å². The highest BCUT2D eigenvalue weighted by atomic mass is 16.2. The van der Waals surface area contributed by atoms with E-state index in [0.717, 1.165) is 60.0 Å². The van der Waals surface area contributed by atoms with Crippen molar-refractivity contribution in [1.29, 1.82) is 0 Å². The molecular weight excluding hydrogens is 370 g/mol. The molecule has 0 aliphatic heterocycles. The Labute approximate surface area is 181 Å². The highest BCUT2D eigenvalue weighted by molar-refractivity contribution is 6.03. The minimum absolute atomic E-state index is 0.107. The van der Waals surface area contributed by atoms with E-state index in [1.165, 1.54) is 12.0 Å².